The summed E-state index contributed by atoms with van der Waals surface area (Å²) in [5.74, 6) is -0.290. The van der Waals surface area contributed by atoms with Crippen LogP contribution in [-0.4, -0.2) is 41.9 Å². The minimum absolute atomic E-state index is 0.258. The van der Waals surface area contributed by atoms with Crippen molar-refractivity contribution in [3.63, 3.8) is 0 Å². The summed E-state index contributed by atoms with van der Waals surface area (Å²) < 4.78 is 7.32. The van der Waals surface area contributed by atoms with Crippen molar-refractivity contribution in [2.45, 2.75) is 4.90 Å². The summed E-state index contributed by atoms with van der Waals surface area (Å²) in [5.41, 5.74) is 1.32. The first-order valence-corrected chi connectivity index (χ1v) is 12.7. The molecule has 1 aliphatic rings. The number of anilines is 1. The molecular weight excluding hydrogens is 650 g/mol. The molecule has 6 nitrogen and oxygen atoms in total. The molecule has 1 fully saturated rings. The Kier molecular flexibility index (Phi) is 8.10. The van der Waals surface area contributed by atoms with E-state index < -0.39 is 17.1 Å². The Hall–Kier alpha value is -1.25. The molecule has 0 bridgehead atoms. The van der Waals surface area contributed by atoms with Crippen molar-refractivity contribution in [1.82, 2.24) is 4.90 Å². The van der Waals surface area contributed by atoms with Gasteiger partial charge in [0.15, 0.2) is 0 Å². The molecule has 1 N–H and O–H groups in total. The molecule has 3 rings (SSSR count). The zero-order valence-corrected chi connectivity index (χ0v) is 21.8. The van der Waals surface area contributed by atoms with E-state index in [2.05, 4.69) is 50.5 Å². The molecule has 0 spiro atoms. The van der Waals surface area contributed by atoms with Gasteiger partial charge in [0, 0.05) is 19.7 Å². The van der Waals surface area contributed by atoms with E-state index in [4.69, 9.17) is 4.74 Å². The molecule has 2 aromatic rings. The van der Waals surface area contributed by atoms with Crippen LogP contribution in [0.1, 0.15) is 5.56 Å². The van der Waals surface area contributed by atoms with E-state index in [1.807, 2.05) is 36.6 Å². The number of hydrogen-bond donors (Lipinski definition) is 1. The van der Waals surface area contributed by atoms with Crippen molar-refractivity contribution in [2.24, 2.45) is 0 Å². The van der Waals surface area contributed by atoms with E-state index in [9.17, 15) is 14.4 Å². The van der Waals surface area contributed by atoms with Gasteiger partial charge in [-0.15, -0.1) is 11.8 Å². The third kappa shape index (κ3) is 5.51. The van der Waals surface area contributed by atoms with Crippen molar-refractivity contribution in [1.29, 1.82) is 0 Å². The van der Waals surface area contributed by atoms with E-state index in [0.717, 1.165) is 28.7 Å². The normalized spacial score (nSPS) is 15.1. The van der Waals surface area contributed by atoms with Crippen LogP contribution in [0.25, 0.3) is 6.08 Å². The molecule has 0 aromatic heterocycles. The summed E-state index contributed by atoms with van der Waals surface area (Å²) in [5, 5.41) is 2.26. The molecule has 1 saturated heterocycles. The SMILES string of the molecule is COc1c(I)cc(I)cc1/C=C1/SC(=O)N(CC(=O)Nc2cccc(SC)c2)C1=O. The number of carbonyl (C=O) groups excluding carboxylic acids is 3. The number of nitrogens with zero attached hydrogens (tertiary/aromatic N) is 1. The van der Waals surface area contributed by atoms with Crippen molar-refractivity contribution in [2.75, 3.05) is 25.2 Å². The molecule has 10 heteroatoms. The number of benzene rings is 2. The Labute approximate surface area is 209 Å². The van der Waals surface area contributed by atoms with E-state index in [-0.39, 0.29) is 11.4 Å². The highest BCUT2D eigenvalue weighted by Gasteiger charge is 2.36. The number of ether oxygens (including phenoxy) is 1. The van der Waals surface area contributed by atoms with Crippen LogP contribution in [0.5, 0.6) is 5.75 Å². The number of nitrogens with one attached hydrogen (secondary N) is 1. The summed E-state index contributed by atoms with van der Waals surface area (Å²) in [6, 6.07) is 11.2. The lowest BCUT2D eigenvalue weighted by Crippen LogP contribution is -2.36. The van der Waals surface area contributed by atoms with Crippen LogP contribution in [0.15, 0.2) is 46.2 Å². The van der Waals surface area contributed by atoms with Crippen molar-refractivity contribution >= 4 is 97.5 Å². The van der Waals surface area contributed by atoms with Gasteiger partial charge < -0.3 is 10.1 Å². The van der Waals surface area contributed by atoms with E-state index in [0.29, 0.717) is 17.0 Å². The van der Waals surface area contributed by atoms with Gasteiger partial charge in [0.25, 0.3) is 11.1 Å². The number of hydrogen-bond acceptors (Lipinski definition) is 6. The molecule has 0 radical (unpaired) electrons. The lowest BCUT2D eigenvalue weighted by molar-refractivity contribution is -0.127. The third-order valence-electron chi connectivity index (χ3n) is 4.06. The van der Waals surface area contributed by atoms with Gasteiger partial charge in [-0.3, -0.25) is 19.3 Å². The molecule has 30 heavy (non-hydrogen) atoms. The number of thioether (sulfide) groups is 2. The van der Waals surface area contributed by atoms with E-state index >= 15 is 0 Å². The highest BCUT2D eigenvalue weighted by atomic mass is 127. The van der Waals surface area contributed by atoms with Crippen LogP contribution in [0.2, 0.25) is 0 Å². The maximum atomic E-state index is 12.8. The number of imide groups is 1. The summed E-state index contributed by atoms with van der Waals surface area (Å²) in [7, 11) is 1.56. The molecular formula is C20H16I2N2O4S2. The van der Waals surface area contributed by atoms with Gasteiger partial charge in [-0.1, -0.05) is 6.07 Å². The summed E-state index contributed by atoms with van der Waals surface area (Å²) in [6.45, 7) is -0.341. The Morgan fingerprint density at radius 2 is 2.03 bits per heavy atom. The number of carbonyl (C=O) groups is 3. The second kappa shape index (κ2) is 10.4. The molecule has 2 aromatic carbocycles. The summed E-state index contributed by atoms with van der Waals surface area (Å²) >= 11 is 6.72. The topological polar surface area (TPSA) is 75.7 Å². The van der Waals surface area contributed by atoms with Crippen LogP contribution in [0.4, 0.5) is 10.5 Å². The molecule has 1 aliphatic heterocycles. The molecule has 3 amide bonds. The van der Waals surface area contributed by atoms with Gasteiger partial charge in [0.1, 0.15) is 12.3 Å². The minimum atomic E-state index is -0.492. The Morgan fingerprint density at radius 3 is 2.73 bits per heavy atom. The quantitative estimate of drug-likeness (QED) is 0.257. The van der Waals surface area contributed by atoms with Gasteiger partial charge in [-0.25, -0.2) is 0 Å². The Morgan fingerprint density at radius 1 is 1.27 bits per heavy atom. The first kappa shape index (κ1) is 23.4. The monoisotopic (exact) mass is 666 g/mol. The predicted octanol–water partition coefficient (Wildman–Crippen LogP) is 5.30. The standard InChI is InChI=1S/C20H16I2N2O4S2/c1-28-18-11(6-12(21)8-15(18)22)7-16-19(26)24(20(27)30-16)10-17(25)23-13-4-3-5-14(9-13)29-2/h3-9H,10H2,1-2H3,(H,23,25)/b16-7+. The second-order valence-corrected chi connectivity index (χ2v) is 10.3. The molecule has 156 valence electrons. The maximum absolute atomic E-state index is 12.8. The lowest BCUT2D eigenvalue weighted by atomic mass is 10.2. The summed E-state index contributed by atoms with van der Waals surface area (Å²) in [4.78, 5) is 39.8. The van der Waals surface area contributed by atoms with Crippen LogP contribution in [-0.2, 0) is 9.59 Å². The smallest absolute Gasteiger partial charge is 0.294 e. The highest BCUT2D eigenvalue weighted by molar-refractivity contribution is 14.1. The first-order valence-electron chi connectivity index (χ1n) is 8.54. The van der Waals surface area contributed by atoms with Crippen molar-refractivity contribution < 1.29 is 19.1 Å². The van der Waals surface area contributed by atoms with E-state index in [1.165, 1.54) is 0 Å². The largest absolute Gasteiger partial charge is 0.495 e. The van der Waals surface area contributed by atoms with Gasteiger partial charge in [0.2, 0.25) is 5.91 Å². The molecule has 0 unspecified atom stereocenters. The Bertz CT molecular complexity index is 1060. The van der Waals surface area contributed by atoms with Gasteiger partial charge >= 0.3 is 0 Å². The lowest BCUT2D eigenvalue weighted by Gasteiger charge is -2.13. The zero-order valence-electron chi connectivity index (χ0n) is 15.9. The van der Waals surface area contributed by atoms with Crippen LogP contribution < -0.4 is 10.1 Å². The molecule has 1 heterocycles. The molecule has 0 saturated carbocycles. The first-order chi connectivity index (χ1) is 14.3. The third-order valence-corrected chi connectivity index (χ3v) is 7.11. The fraction of sp³-hybridized carbons (Fsp3) is 0.150. The Balaban J connectivity index is 1.76. The predicted molar refractivity (Wildman–Crippen MR) is 138 cm³/mol. The number of amides is 3. The second-order valence-electron chi connectivity index (χ2n) is 6.06. The molecule has 0 atom stereocenters. The van der Waals surface area contributed by atoms with Gasteiger partial charge in [0.05, 0.1) is 15.6 Å². The van der Waals surface area contributed by atoms with Crippen molar-refractivity contribution in [3.05, 3.63) is 54.0 Å². The fourth-order valence-corrected chi connectivity index (χ4v) is 6.12. The zero-order chi connectivity index (χ0) is 21.8. The highest BCUT2D eigenvalue weighted by Crippen LogP contribution is 2.36. The summed E-state index contributed by atoms with van der Waals surface area (Å²) in [6.07, 6.45) is 3.57. The number of rotatable bonds is 6. The van der Waals surface area contributed by atoms with Crippen LogP contribution in [0.3, 0.4) is 0 Å². The van der Waals surface area contributed by atoms with Gasteiger partial charge in [-0.2, -0.15) is 0 Å². The van der Waals surface area contributed by atoms with Gasteiger partial charge in [-0.05, 0) is 99.6 Å². The van der Waals surface area contributed by atoms with Crippen molar-refractivity contribution in [3.8, 4) is 5.75 Å². The van der Waals surface area contributed by atoms with Crippen LogP contribution >= 0.6 is 68.7 Å². The van der Waals surface area contributed by atoms with Crippen LogP contribution in [0, 0.1) is 7.14 Å². The number of methoxy groups -OCH3 is 1. The average molecular weight is 666 g/mol. The average Bonchev–Trinajstić information content (AvgIpc) is 2.95. The molecule has 0 aliphatic carbocycles. The number of halogens is 2. The minimum Gasteiger partial charge on any atom is -0.495 e. The van der Waals surface area contributed by atoms with E-state index in [1.54, 1.807) is 31.0 Å². The maximum Gasteiger partial charge on any atom is 0.294 e. The fourth-order valence-electron chi connectivity index (χ4n) is 2.73.